The Labute approximate surface area is 316 Å². The lowest BCUT2D eigenvalue weighted by Crippen LogP contribution is -2.15. The molecule has 19 nitrogen and oxygen atoms in total. The van der Waals surface area contributed by atoms with Gasteiger partial charge in [-0.2, -0.15) is 23.8 Å². The molecule has 0 saturated heterocycles. The molecule has 0 amide bonds. The molecule has 0 aliphatic rings. The minimum atomic E-state index is -4.82. The van der Waals surface area contributed by atoms with Crippen LogP contribution in [0.15, 0.2) is 113 Å². The molecule has 286 valence electrons. The van der Waals surface area contributed by atoms with Crippen LogP contribution in [-0.4, -0.2) is 58.9 Å². The molecule has 0 bridgehead atoms. The van der Waals surface area contributed by atoms with Crippen molar-refractivity contribution in [1.29, 1.82) is 0 Å². The number of nitrogens with two attached hydrogens (primary N) is 2. The van der Waals surface area contributed by atoms with Crippen LogP contribution in [0.4, 0.5) is 45.5 Å². The molecule has 4 rings (SSSR count). The number of benzene rings is 4. The Balaban J connectivity index is 0.00000253. The molecule has 0 atom stereocenters. The van der Waals surface area contributed by atoms with Crippen LogP contribution in [-0.2, 0) is 33.6 Å². The van der Waals surface area contributed by atoms with E-state index in [1.807, 2.05) is 27.1 Å². The number of carbonyl (C=O) groups is 1. The quantitative estimate of drug-likeness (QED) is 0.0115. The number of nitrogens with zero attached hydrogens (tertiary/aromatic N) is 6. The first kappa shape index (κ1) is 42.6. The topological polar surface area (TPSA) is 292 Å². The normalized spacial score (nSPS) is 11.8. The van der Waals surface area contributed by atoms with Gasteiger partial charge in [-0.05, 0) is 81.7 Å². The zero-order valence-electron chi connectivity index (χ0n) is 28.6. The Hall–Kier alpha value is -5.80. The molecule has 54 heavy (non-hydrogen) atoms. The number of azo groups is 3. The summed E-state index contributed by atoms with van der Waals surface area (Å²) in [5.41, 5.74) is 12.4. The Morgan fingerprint density at radius 3 is 1.70 bits per heavy atom. The van der Waals surface area contributed by atoms with E-state index in [2.05, 4.69) is 45.1 Å². The van der Waals surface area contributed by atoms with Gasteiger partial charge in [-0.3, -0.25) is 9.44 Å². The number of hydrogen-bond donors (Lipinski definition) is 5. The van der Waals surface area contributed by atoms with Gasteiger partial charge in [0.15, 0.2) is 15.9 Å². The van der Waals surface area contributed by atoms with Gasteiger partial charge in [0.25, 0.3) is 0 Å². The third-order valence-electron chi connectivity index (χ3n) is 6.37. The van der Waals surface area contributed by atoms with Crippen molar-refractivity contribution in [3.63, 3.8) is 0 Å². The molecular formula is C32H35N9O10S3. The monoisotopic (exact) mass is 801 g/mol. The van der Waals surface area contributed by atoms with Crippen LogP contribution in [0.25, 0.3) is 0 Å². The highest BCUT2D eigenvalue weighted by atomic mass is 32.3. The van der Waals surface area contributed by atoms with E-state index < -0.39 is 44.1 Å². The third kappa shape index (κ3) is 12.7. The fraction of sp³-hybridized carbons (Fsp3) is 0.156. The number of hydrogen-bond acceptors (Lipinski definition) is 18. The summed E-state index contributed by atoms with van der Waals surface area (Å²) in [6, 6.07) is 18.1. The Morgan fingerprint density at radius 2 is 1.26 bits per heavy atom. The van der Waals surface area contributed by atoms with Crippen molar-refractivity contribution in [3.8, 4) is 12.5 Å². The van der Waals surface area contributed by atoms with Gasteiger partial charge in [0.1, 0.15) is 22.6 Å². The highest BCUT2D eigenvalue weighted by Gasteiger charge is 2.27. The van der Waals surface area contributed by atoms with Gasteiger partial charge in [-0.25, -0.2) is 17.4 Å². The molecule has 4 aromatic carbocycles. The van der Waals surface area contributed by atoms with Crippen molar-refractivity contribution in [2.75, 3.05) is 37.9 Å². The summed E-state index contributed by atoms with van der Waals surface area (Å²) in [6.45, 7) is 1.07. The highest BCUT2D eigenvalue weighted by molar-refractivity contribution is 7.94. The number of sulfone groups is 1. The van der Waals surface area contributed by atoms with E-state index in [1.54, 1.807) is 48.5 Å². The average Bonchev–Trinajstić information content (AvgIpc) is 3.11. The smallest absolute Gasteiger partial charge is 0.397 e. The van der Waals surface area contributed by atoms with E-state index in [9.17, 15) is 26.7 Å². The van der Waals surface area contributed by atoms with Crippen molar-refractivity contribution in [1.82, 2.24) is 5.32 Å². The Morgan fingerprint density at radius 1 is 0.815 bits per heavy atom. The fourth-order valence-electron chi connectivity index (χ4n) is 3.93. The molecule has 0 radical (unpaired) electrons. The van der Waals surface area contributed by atoms with Crippen molar-refractivity contribution in [2.24, 2.45) is 30.7 Å². The number of nitrogen functional groups attached to an aromatic ring is 2. The summed E-state index contributed by atoms with van der Waals surface area (Å²) < 4.78 is 64.0. The van der Waals surface area contributed by atoms with Gasteiger partial charge in [0.2, 0.25) is 0 Å². The average molecular weight is 802 g/mol. The van der Waals surface area contributed by atoms with E-state index in [0.717, 1.165) is 17.6 Å². The number of carboxylic acids is 1. The van der Waals surface area contributed by atoms with E-state index in [1.165, 1.54) is 24.3 Å². The van der Waals surface area contributed by atoms with Crippen molar-refractivity contribution in [3.05, 3.63) is 83.9 Å². The maximum Gasteiger partial charge on any atom is 0.397 e. The molecule has 0 fully saturated rings. The van der Waals surface area contributed by atoms with Gasteiger partial charge in [0.05, 0.1) is 57.7 Å². The Bertz CT molecular complexity index is 2290. The SMILES string of the molecule is C#COOSc1ccc(N=Nc2c(N)c(N=Nc3ccc(S(=O)(=O)CCOS(=O)(=O)O)cc3)c(N)c(N=Nc3ccc(C)cc3)c2C(=O)O)cc1.CNC.[HH]. The molecule has 7 N–H and O–H groups in total. The number of carboxylic acid groups (broad SMARTS) is 1. The summed E-state index contributed by atoms with van der Waals surface area (Å²) >= 11 is 0.839. The first-order valence-corrected chi connectivity index (χ1v) is 18.7. The van der Waals surface area contributed by atoms with Crippen LogP contribution in [0.1, 0.15) is 17.3 Å². The molecule has 0 unspecified atom stereocenters. The van der Waals surface area contributed by atoms with E-state index >= 15 is 0 Å². The van der Waals surface area contributed by atoms with Gasteiger partial charge < -0.3 is 21.9 Å². The minimum Gasteiger partial charge on any atom is -0.478 e. The first-order chi connectivity index (χ1) is 25.6. The van der Waals surface area contributed by atoms with Gasteiger partial charge in [-0.15, -0.1) is 15.3 Å². The fourth-order valence-corrected chi connectivity index (χ4v) is 5.82. The molecule has 0 aliphatic heterocycles. The lowest BCUT2D eigenvalue weighted by atomic mass is 10.1. The Kier molecular flexibility index (Phi) is 15.7. The molecule has 4 aromatic rings. The largest absolute Gasteiger partial charge is 0.478 e. The predicted molar refractivity (Wildman–Crippen MR) is 202 cm³/mol. The van der Waals surface area contributed by atoms with Crippen LogP contribution >= 0.6 is 12.0 Å². The lowest BCUT2D eigenvalue weighted by Gasteiger charge is -2.13. The van der Waals surface area contributed by atoms with Crippen molar-refractivity contribution >= 4 is 83.7 Å². The van der Waals surface area contributed by atoms with Crippen LogP contribution in [0.3, 0.4) is 0 Å². The number of rotatable bonds is 15. The number of anilines is 2. The molecule has 22 heteroatoms. The number of aromatic carboxylic acids is 1. The van der Waals surface area contributed by atoms with Crippen LogP contribution in [0.5, 0.6) is 0 Å². The van der Waals surface area contributed by atoms with Crippen LogP contribution in [0.2, 0.25) is 0 Å². The minimum absolute atomic E-state index is 0. The number of terminal acetylenes is 1. The molecule has 0 spiro atoms. The summed E-state index contributed by atoms with van der Waals surface area (Å²) in [6.07, 6.45) is 6.82. The molecule has 0 saturated carbocycles. The van der Waals surface area contributed by atoms with E-state index in [4.69, 9.17) is 26.8 Å². The van der Waals surface area contributed by atoms with Gasteiger partial charge in [-0.1, -0.05) is 28.5 Å². The first-order valence-electron chi connectivity index (χ1n) is 15.0. The molecule has 0 aliphatic carbocycles. The lowest BCUT2D eigenvalue weighted by molar-refractivity contribution is -0.113. The van der Waals surface area contributed by atoms with Gasteiger partial charge in [0, 0.05) is 6.32 Å². The maximum atomic E-state index is 12.6. The van der Waals surface area contributed by atoms with Crippen LogP contribution in [0, 0.1) is 19.5 Å². The second kappa shape index (κ2) is 19.9. The summed E-state index contributed by atoms with van der Waals surface area (Å²) in [4.78, 5) is 17.4. The second-order valence-electron chi connectivity index (χ2n) is 10.4. The van der Waals surface area contributed by atoms with Crippen molar-refractivity contribution in [2.45, 2.75) is 16.7 Å². The summed E-state index contributed by atoms with van der Waals surface area (Å²) in [5, 5.41) is 37.6. The summed E-state index contributed by atoms with van der Waals surface area (Å²) in [5.74, 6) is -2.24. The highest BCUT2D eigenvalue weighted by Crippen LogP contribution is 2.49. The molecular weight excluding hydrogens is 767 g/mol. The molecule has 0 heterocycles. The standard InChI is InChI=1S/C30H26N8O10S3.C2H7N.H2/c1-3-46-48-49-22-12-8-20(9-13-22)34-37-28-24(30(39)40)27(36-33-19-6-4-18(2)5-7-19)25(31)29(26(28)32)38-35-21-10-14-23(15-11-21)50(41,42)17-16-47-51(43,44)45;1-3-2;/h1,4-15H,16-17,31-32H2,2H3,(H,39,40)(H,43,44,45);3H,1-2H3;1H. The number of aryl methyl sites for hydroxylation is 1. The van der Waals surface area contributed by atoms with Crippen LogP contribution < -0.4 is 16.8 Å². The molecule has 0 aromatic heterocycles. The van der Waals surface area contributed by atoms with E-state index in [0.29, 0.717) is 10.6 Å². The predicted octanol–water partition coefficient (Wildman–Crippen LogP) is 7.32. The zero-order valence-corrected chi connectivity index (χ0v) is 31.1. The van der Waals surface area contributed by atoms with E-state index in [-0.39, 0.29) is 46.1 Å². The van der Waals surface area contributed by atoms with Gasteiger partial charge >= 0.3 is 16.4 Å². The maximum absolute atomic E-state index is 12.6. The van der Waals surface area contributed by atoms with Crippen molar-refractivity contribution < 1.29 is 46.1 Å². The second-order valence-corrected chi connectivity index (χ2v) is 14.4. The summed E-state index contributed by atoms with van der Waals surface area (Å²) in [7, 11) is -5.07. The number of nitrogens with one attached hydrogen (secondary N) is 1. The third-order valence-corrected chi connectivity index (χ3v) is 9.13. The zero-order chi connectivity index (χ0) is 39.9.